The first-order valence-corrected chi connectivity index (χ1v) is 7.31. The van der Waals surface area contributed by atoms with Crippen molar-refractivity contribution in [2.24, 2.45) is 0 Å². The average molecular weight is 265 g/mol. The zero-order chi connectivity index (χ0) is 14.1. The molecule has 1 nitrogen and oxygen atoms in total. The third-order valence-corrected chi connectivity index (χ3v) is 4.37. The molecule has 2 heteroatoms. The second kappa shape index (κ2) is 5.26. The number of nitrogens with zero attached hydrogens (tertiary/aromatic N) is 1. The summed E-state index contributed by atoms with van der Waals surface area (Å²) in [6, 6.07) is 6.88. The molecule has 0 atom stereocenters. The molecular weight excluding hydrogens is 238 g/mol. The van der Waals surface area contributed by atoms with Crippen molar-refractivity contribution in [2.45, 2.75) is 64.3 Å². The van der Waals surface area contributed by atoms with E-state index in [9.17, 15) is 0 Å². The third kappa shape index (κ3) is 4.33. The van der Waals surface area contributed by atoms with Crippen LogP contribution in [0.25, 0.3) is 0 Å². The minimum Gasteiger partial charge on any atom is -0.244 e. The maximum absolute atomic E-state index is 2.32. The Hall–Kier alpha value is -0.470. The zero-order valence-corrected chi connectivity index (χ0v) is 13.9. The first-order chi connectivity index (χ1) is 8.00. The highest BCUT2D eigenvalue weighted by Crippen LogP contribution is 2.32. The lowest BCUT2D eigenvalue weighted by Gasteiger charge is -2.31. The average Bonchev–Trinajstić information content (AvgIpc) is 2.13. The molecule has 0 N–H and O–H groups in total. The van der Waals surface area contributed by atoms with E-state index in [-0.39, 0.29) is 11.0 Å². The van der Waals surface area contributed by atoms with E-state index in [2.05, 4.69) is 78.0 Å². The standard InChI is InChI=1S/C16H27NS/c1-12-9-13(15(2,3)4)11-14(10-12)18-17(8)16(5,6)7/h9-11H,1-8H3. The summed E-state index contributed by atoms with van der Waals surface area (Å²) in [5, 5.41) is 0. The van der Waals surface area contributed by atoms with Gasteiger partial charge in [0.05, 0.1) is 0 Å². The van der Waals surface area contributed by atoms with Gasteiger partial charge in [-0.1, -0.05) is 26.8 Å². The molecule has 0 heterocycles. The quantitative estimate of drug-likeness (QED) is 0.690. The van der Waals surface area contributed by atoms with Crippen LogP contribution in [0.5, 0.6) is 0 Å². The van der Waals surface area contributed by atoms with Gasteiger partial charge in [-0.15, -0.1) is 0 Å². The summed E-state index contributed by atoms with van der Waals surface area (Å²) in [6.45, 7) is 15.7. The van der Waals surface area contributed by atoms with Crippen LogP contribution in [0.15, 0.2) is 23.1 Å². The van der Waals surface area contributed by atoms with Crippen molar-refractivity contribution < 1.29 is 0 Å². The second-order valence-corrected chi connectivity index (χ2v) is 8.25. The fourth-order valence-corrected chi connectivity index (χ4v) is 2.54. The topological polar surface area (TPSA) is 3.24 Å². The first-order valence-electron chi connectivity index (χ1n) is 6.54. The lowest BCUT2D eigenvalue weighted by Crippen LogP contribution is -2.32. The van der Waals surface area contributed by atoms with Gasteiger partial charge in [0.2, 0.25) is 0 Å². The van der Waals surface area contributed by atoms with E-state index < -0.39 is 0 Å². The molecule has 102 valence electrons. The molecule has 0 unspecified atom stereocenters. The van der Waals surface area contributed by atoms with E-state index in [1.54, 1.807) is 0 Å². The van der Waals surface area contributed by atoms with Gasteiger partial charge in [-0.25, -0.2) is 4.31 Å². The molecule has 0 spiro atoms. The van der Waals surface area contributed by atoms with Crippen molar-refractivity contribution in [3.05, 3.63) is 29.3 Å². The van der Waals surface area contributed by atoms with Gasteiger partial charge in [-0.2, -0.15) is 0 Å². The largest absolute Gasteiger partial charge is 0.244 e. The normalized spacial score (nSPS) is 13.2. The van der Waals surface area contributed by atoms with Crippen LogP contribution >= 0.6 is 11.9 Å². The molecule has 0 saturated heterocycles. The molecule has 0 amide bonds. The molecule has 1 rings (SSSR count). The molecule has 0 aliphatic carbocycles. The van der Waals surface area contributed by atoms with E-state index in [1.807, 2.05) is 11.9 Å². The second-order valence-electron chi connectivity index (χ2n) is 7.04. The minimum absolute atomic E-state index is 0.177. The molecule has 0 aromatic heterocycles. The summed E-state index contributed by atoms with van der Waals surface area (Å²) in [5.74, 6) is 0. The van der Waals surface area contributed by atoms with Crippen LogP contribution in [0, 0.1) is 6.92 Å². The molecule has 0 bridgehead atoms. The lowest BCUT2D eigenvalue weighted by atomic mass is 9.86. The molecule has 0 radical (unpaired) electrons. The summed E-state index contributed by atoms with van der Waals surface area (Å²) in [5.41, 5.74) is 3.14. The Kier molecular flexibility index (Phi) is 4.56. The fraction of sp³-hybridized carbons (Fsp3) is 0.625. The summed E-state index contributed by atoms with van der Waals surface area (Å²) in [7, 11) is 2.16. The van der Waals surface area contributed by atoms with Crippen molar-refractivity contribution in [3.8, 4) is 0 Å². The predicted octanol–water partition coefficient (Wildman–Crippen LogP) is 5.03. The van der Waals surface area contributed by atoms with Crippen LogP contribution in [-0.4, -0.2) is 16.9 Å². The summed E-state index contributed by atoms with van der Waals surface area (Å²) in [6.07, 6.45) is 0. The predicted molar refractivity (Wildman–Crippen MR) is 83.3 cm³/mol. The Morgan fingerprint density at radius 2 is 1.50 bits per heavy atom. The van der Waals surface area contributed by atoms with Crippen molar-refractivity contribution in [1.82, 2.24) is 4.31 Å². The maximum Gasteiger partial charge on any atom is 0.0236 e. The zero-order valence-electron chi connectivity index (χ0n) is 13.1. The molecule has 0 aliphatic rings. The number of rotatable bonds is 2. The number of hydrogen-bond acceptors (Lipinski definition) is 2. The van der Waals surface area contributed by atoms with Crippen LogP contribution in [-0.2, 0) is 5.41 Å². The van der Waals surface area contributed by atoms with Crippen LogP contribution in [0.3, 0.4) is 0 Å². The van der Waals surface area contributed by atoms with Crippen LogP contribution in [0.2, 0.25) is 0 Å². The summed E-state index contributed by atoms with van der Waals surface area (Å²) in [4.78, 5) is 1.33. The van der Waals surface area contributed by atoms with Crippen molar-refractivity contribution in [1.29, 1.82) is 0 Å². The Bertz CT molecular complexity index is 410. The van der Waals surface area contributed by atoms with Gasteiger partial charge in [-0.3, -0.25) is 0 Å². The van der Waals surface area contributed by atoms with Gasteiger partial charge in [0.1, 0.15) is 0 Å². The van der Waals surface area contributed by atoms with Crippen LogP contribution in [0.1, 0.15) is 52.7 Å². The lowest BCUT2D eigenvalue weighted by molar-refractivity contribution is 0.319. The molecule has 1 aromatic rings. The van der Waals surface area contributed by atoms with Crippen molar-refractivity contribution in [2.75, 3.05) is 7.05 Å². The van der Waals surface area contributed by atoms with Gasteiger partial charge in [-0.05, 0) is 75.4 Å². The summed E-state index contributed by atoms with van der Waals surface area (Å²) >= 11 is 1.83. The van der Waals surface area contributed by atoms with Gasteiger partial charge < -0.3 is 0 Å². The number of hydrogen-bond donors (Lipinski definition) is 0. The monoisotopic (exact) mass is 265 g/mol. The Labute approximate surface area is 117 Å². The maximum atomic E-state index is 2.32. The number of benzene rings is 1. The molecule has 1 aromatic carbocycles. The molecule has 0 saturated carbocycles. The van der Waals surface area contributed by atoms with Crippen molar-refractivity contribution in [3.63, 3.8) is 0 Å². The Balaban J connectivity index is 3.01. The van der Waals surface area contributed by atoms with Gasteiger partial charge in [0.25, 0.3) is 0 Å². The third-order valence-electron chi connectivity index (χ3n) is 3.10. The van der Waals surface area contributed by atoms with E-state index in [4.69, 9.17) is 0 Å². The Morgan fingerprint density at radius 1 is 0.944 bits per heavy atom. The number of aryl methyl sites for hydroxylation is 1. The van der Waals surface area contributed by atoms with Gasteiger partial charge >= 0.3 is 0 Å². The summed E-state index contributed by atoms with van der Waals surface area (Å²) < 4.78 is 2.31. The minimum atomic E-state index is 0.177. The molecular formula is C16H27NS. The highest BCUT2D eigenvalue weighted by Gasteiger charge is 2.20. The van der Waals surface area contributed by atoms with Crippen LogP contribution < -0.4 is 0 Å². The highest BCUT2D eigenvalue weighted by atomic mass is 32.2. The van der Waals surface area contributed by atoms with E-state index in [0.717, 1.165) is 0 Å². The molecule has 0 aliphatic heterocycles. The fourth-order valence-electron chi connectivity index (χ4n) is 1.53. The smallest absolute Gasteiger partial charge is 0.0236 e. The van der Waals surface area contributed by atoms with Crippen LogP contribution in [0.4, 0.5) is 0 Å². The van der Waals surface area contributed by atoms with E-state index in [1.165, 1.54) is 16.0 Å². The SMILES string of the molecule is Cc1cc(SN(C)C(C)(C)C)cc(C(C)(C)C)c1. The first kappa shape index (κ1) is 15.6. The van der Waals surface area contributed by atoms with Crippen molar-refractivity contribution >= 4 is 11.9 Å². The highest BCUT2D eigenvalue weighted by molar-refractivity contribution is 7.97. The van der Waals surface area contributed by atoms with Gasteiger partial charge in [0, 0.05) is 10.4 Å². The van der Waals surface area contributed by atoms with Gasteiger partial charge in [0.15, 0.2) is 0 Å². The Morgan fingerprint density at radius 3 is 1.94 bits per heavy atom. The molecule has 18 heavy (non-hydrogen) atoms. The van der Waals surface area contributed by atoms with E-state index >= 15 is 0 Å². The van der Waals surface area contributed by atoms with E-state index in [0.29, 0.717) is 0 Å². The molecule has 0 fully saturated rings.